The summed E-state index contributed by atoms with van der Waals surface area (Å²) in [5.41, 5.74) is -0.107. The molecule has 0 aliphatic heterocycles. The van der Waals surface area contributed by atoms with Crippen molar-refractivity contribution in [3.05, 3.63) is 41.7 Å². The average Bonchev–Trinajstić information content (AvgIpc) is 2.91. The number of rotatable bonds is 4. The predicted octanol–water partition coefficient (Wildman–Crippen LogP) is 1.35. The fourth-order valence-electron chi connectivity index (χ4n) is 1.67. The maximum atomic E-state index is 12.4. The minimum Gasteiger partial charge on any atom is -0.340 e. The van der Waals surface area contributed by atoms with Crippen LogP contribution in [0.4, 0.5) is 13.2 Å². The first-order valence-electron chi connectivity index (χ1n) is 5.97. The molecule has 1 amide bonds. The van der Waals surface area contributed by atoms with Crippen molar-refractivity contribution in [2.45, 2.75) is 19.3 Å². The van der Waals surface area contributed by atoms with Crippen molar-refractivity contribution in [2.75, 3.05) is 7.05 Å². The van der Waals surface area contributed by atoms with Gasteiger partial charge in [0.05, 0.1) is 5.56 Å². The van der Waals surface area contributed by atoms with Crippen LogP contribution in [0.1, 0.15) is 11.1 Å². The van der Waals surface area contributed by atoms with Gasteiger partial charge in [-0.25, -0.2) is 4.68 Å². The molecule has 0 aliphatic carbocycles. The molecule has 0 saturated carbocycles. The second-order valence-electron chi connectivity index (χ2n) is 4.45. The first kappa shape index (κ1) is 14.9. The summed E-state index contributed by atoms with van der Waals surface area (Å²) >= 11 is 0. The number of nitrogens with zero attached hydrogens (tertiary/aromatic N) is 5. The van der Waals surface area contributed by atoms with Gasteiger partial charge in [-0.2, -0.15) is 13.2 Å². The number of hydrogen-bond donors (Lipinski definition) is 0. The predicted molar refractivity (Wildman–Crippen MR) is 65.7 cm³/mol. The molecule has 9 heteroatoms. The SMILES string of the molecule is CN(Cc1ccc(C(F)(F)F)cc1)C(=O)Cn1cnnn1. The number of aromatic nitrogens is 4. The highest BCUT2D eigenvalue weighted by atomic mass is 19.4. The highest BCUT2D eigenvalue weighted by molar-refractivity contribution is 5.75. The minimum atomic E-state index is -4.36. The quantitative estimate of drug-likeness (QED) is 0.855. The Labute approximate surface area is 118 Å². The van der Waals surface area contributed by atoms with Gasteiger partial charge in [0.15, 0.2) is 0 Å². The fraction of sp³-hybridized carbons (Fsp3) is 0.333. The maximum absolute atomic E-state index is 12.4. The summed E-state index contributed by atoms with van der Waals surface area (Å²) in [6.45, 7) is 0.184. The van der Waals surface area contributed by atoms with E-state index in [0.29, 0.717) is 5.56 Å². The molecule has 0 aliphatic rings. The summed E-state index contributed by atoms with van der Waals surface area (Å²) in [4.78, 5) is 13.3. The Bertz CT molecular complexity index is 594. The number of benzene rings is 1. The van der Waals surface area contributed by atoms with Crippen molar-refractivity contribution in [2.24, 2.45) is 0 Å². The number of tetrazole rings is 1. The van der Waals surface area contributed by atoms with E-state index >= 15 is 0 Å². The first-order chi connectivity index (χ1) is 9.86. The van der Waals surface area contributed by atoms with Gasteiger partial charge < -0.3 is 4.90 Å². The van der Waals surface area contributed by atoms with Gasteiger partial charge in [-0.1, -0.05) is 12.1 Å². The highest BCUT2D eigenvalue weighted by Crippen LogP contribution is 2.29. The molecule has 2 rings (SSSR count). The van der Waals surface area contributed by atoms with Gasteiger partial charge in [0.1, 0.15) is 12.9 Å². The Morgan fingerprint density at radius 3 is 2.48 bits per heavy atom. The van der Waals surface area contributed by atoms with Crippen molar-refractivity contribution < 1.29 is 18.0 Å². The molecule has 21 heavy (non-hydrogen) atoms. The topological polar surface area (TPSA) is 63.9 Å². The zero-order valence-electron chi connectivity index (χ0n) is 11.1. The number of amides is 1. The Balaban J connectivity index is 1.96. The number of carbonyl (C=O) groups excluding carboxylic acids is 1. The van der Waals surface area contributed by atoms with Crippen LogP contribution in [0, 0.1) is 0 Å². The number of alkyl halides is 3. The molecule has 0 atom stereocenters. The number of hydrogen-bond acceptors (Lipinski definition) is 4. The smallest absolute Gasteiger partial charge is 0.340 e. The second kappa shape index (κ2) is 5.90. The molecule has 0 N–H and O–H groups in total. The van der Waals surface area contributed by atoms with Crippen LogP contribution < -0.4 is 0 Å². The van der Waals surface area contributed by atoms with Gasteiger partial charge in [-0.3, -0.25) is 4.79 Å². The molecule has 0 fully saturated rings. The van der Waals surface area contributed by atoms with E-state index in [-0.39, 0.29) is 19.0 Å². The molecule has 0 saturated heterocycles. The van der Waals surface area contributed by atoms with Crippen LogP contribution in [0.2, 0.25) is 0 Å². The normalized spacial score (nSPS) is 11.4. The summed E-state index contributed by atoms with van der Waals surface area (Å²) in [5, 5.41) is 10.4. The summed E-state index contributed by atoms with van der Waals surface area (Å²) < 4.78 is 38.6. The fourth-order valence-corrected chi connectivity index (χ4v) is 1.67. The summed E-state index contributed by atoms with van der Waals surface area (Å²) in [6, 6.07) is 4.69. The number of likely N-dealkylation sites (N-methyl/N-ethyl adjacent to an activating group) is 1. The lowest BCUT2D eigenvalue weighted by atomic mass is 10.1. The van der Waals surface area contributed by atoms with Crippen molar-refractivity contribution in [3.8, 4) is 0 Å². The van der Waals surface area contributed by atoms with E-state index in [9.17, 15) is 18.0 Å². The molecule has 0 unspecified atom stereocenters. The van der Waals surface area contributed by atoms with Crippen LogP contribution >= 0.6 is 0 Å². The lowest BCUT2D eigenvalue weighted by Crippen LogP contribution is -2.30. The van der Waals surface area contributed by atoms with Crippen LogP contribution in [0.25, 0.3) is 0 Å². The van der Waals surface area contributed by atoms with Crippen LogP contribution in [-0.4, -0.2) is 38.1 Å². The van der Waals surface area contributed by atoms with Gasteiger partial charge in [0, 0.05) is 13.6 Å². The molecule has 1 aromatic carbocycles. The molecule has 6 nitrogen and oxygen atoms in total. The van der Waals surface area contributed by atoms with E-state index in [2.05, 4.69) is 15.5 Å². The van der Waals surface area contributed by atoms with E-state index in [0.717, 1.165) is 12.1 Å². The Hall–Kier alpha value is -2.45. The third kappa shape index (κ3) is 4.01. The largest absolute Gasteiger partial charge is 0.416 e. The monoisotopic (exact) mass is 299 g/mol. The summed E-state index contributed by atoms with van der Waals surface area (Å²) in [5.74, 6) is -0.248. The molecule has 0 bridgehead atoms. The van der Waals surface area contributed by atoms with E-state index in [1.165, 1.54) is 28.0 Å². The van der Waals surface area contributed by atoms with Gasteiger partial charge >= 0.3 is 6.18 Å². The molecule has 0 radical (unpaired) electrons. The average molecular weight is 299 g/mol. The molecule has 1 heterocycles. The third-order valence-electron chi connectivity index (χ3n) is 2.82. The lowest BCUT2D eigenvalue weighted by molar-refractivity contribution is -0.137. The van der Waals surface area contributed by atoms with Crippen LogP contribution in [0.15, 0.2) is 30.6 Å². The molecule has 0 spiro atoms. The molecular formula is C12H12F3N5O. The molecule has 1 aromatic heterocycles. The van der Waals surface area contributed by atoms with E-state index in [1.54, 1.807) is 7.05 Å². The summed E-state index contributed by atoms with van der Waals surface area (Å²) in [7, 11) is 1.56. The zero-order valence-corrected chi connectivity index (χ0v) is 11.1. The lowest BCUT2D eigenvalue weighted by Gasteiger charge is -2.17. The van der Waals surface area contributed by atoms with Crippen molar-refractivity contribution >= 4 is 5.91 Å². The first-order valence-corrected chi connectivity index (χ1v) is 5.97. The van der Waals surface area contributed by atoms with Gasteiger partial charge in [0.2, 0.25) is 5.91 Å². The Kier molecular flexibility index (Phi) is 4.20. The Morgan fingerprint density at radius 1 is 1.29 bits per heavy atom. The third-order valence-corrected chi connectivity index (χ3v) is 2.82. The van der Waals surface area contributed by atoms with Crippen molar-refractivity contribution in [3.63, 3.8) is 0 Å². The van der Waals surface area contributed by atoms with Gasteiger partial charge in [-0.15, -0.1) is 5.10 Å². The second-order valence-corrected chi connectivity index (χ2v) is 4.45. The number of halogens is 3. The number of carbonyl (C=O) groups is 1. The minimum absolute atomic E-state index is 0.0237. The van der Waals surface area contributed by atoms with Crippen LogP contribution in [0.5, 0.6) is 0 Å². The Morgan fingerprint density at radius 2 is 1.95 bits per heavy atom. The van der Waals surface area contributed by atoms with E-state index < -0.39 is 11.7 Å². The van der Waals surface area contributed by atoms with Crippen LogP contribution in [-0.2, 0) is 24.1 Å². The van der Waals surface area contributed by atoms with Gasteiger partial charge in [0.25, 0.3) is 0 Å². The van der Waals surface area contributed by atoms with Crippen LogP contribution in [0.3, 0.4) is 0 Å². The van der Waals surface area contributed by atoms with E-state index in [4.69, 9.17) is 0 Å². The van der Waals surface area contributed by atoms with Crippen molar-refractivity contribution in [1.82, 2.24) is 25.1 Å². The standard InChI is InChI=1S/C12H12F3N5O/c1-19(11(21)7-20-8-16-17-18-20)6-9-2-4-10(5-3-9)12(13,14)15/h2-5,8H,6-7H2,1H3. The molecular weight excluding hydrogens is 287 g/mol. The van der Waals surface area contributed by atoms with Gasteiger partial charge in [-0.05, 0) is 28.1 Å². The highest BCUT2D eigenvalue weighted by Gasteiger charge is 2.29. The molecule has 2 aromatic rings. The zero-order chi connectivity index (χ0) is 15.5. The summed E-state index contributed by atoms with van der Waals surface area (Å²) in [6.07, 6.45) is -3.05. The molecule has 112 valence electrons. The maximum Gasteiger partial charge on any atom is 0.416 e. The van der Waals surface area contributed by atoms with E-state index in [1.807, 2.05) is 0 Å². The van der Waals surface area contributed by atoms with Crippen molar-refractivity contribution in [1.29, 1.82) is 0 Å².